The summed E-state index contributed by atoms with van der Waals surface area (Å²) in [5.74, 6) is 2.10. The summed E-state index contributed by atoms with van der Waals surface area (Å²) >= 11 is 3.41. The lowest BCUT2D eigenvalue weighted by atomic mass is 9.97. The molecule has 0 atom stereocenters. The van der Waals surface area contributed by atoms with Gasteiger partial charge in [0.2, 0.25) is 0 Å². The van der Waals surface area contributed by atoms with Gasteiger partial charge in [-0.05, 0) is 21.3 Å². The van der Waals surface area contributed by atoms with Crippen molar-refractivity contribution in [3.05, 3.63) is 16.5 Å². The molecular weight excluding hydrogens is 266 g/mol. The van der Waals surface area contributed by atoms with E-state index in [0.717, 1.165) is 22.8 Å². The van der Waals surface area contributed by atoms with Crippen LogP contribution in [0.2, 0.25) is 0 Å². The summed E-state index contributed by atoms with van der Waals surface area (Å²) in [6, 6.07) is 1.91. The van der Waals surface area contributed by atoms with E-state index in [1.54, 1.807) is 0 Å². The number of hydrogen-bond acceptors (Lipinski definition) is 3. The highest BCUT2D eigenvalue weighted by Crippen LogP contribution is 2.19. The van der Waals surface area contributed by atoms with Crippen molar-refractivity contribution < 1.29 is 0 Å². The summed E-state index contributed by atoms with van der Waals surface area (Å²) in [4.78, 5) is 8.83. The minimum absolute atomic E-state index is 0.245. The summed E-state index contributed by atoms with van der Waals surface area (Å²) in [5.41, 5.74) is 0.245. The Morgan fingerprint density at radius 2 is 1.94 bits per heavy atom. The van der Waals surface area contributed by atoms with Crippen molar-refractivity contribution in [2.75, 3.05) is 11.9 Å². The third-order valence-corrected chi connectivity index (χ3v) is 2.43. The van der Waals surface area contributed by atoms with Crippen LogP contribution in [0.4, 0.5) is 5.82 Å². The van der Waals surface area contributed by atoms with Gasteiger partial charge in [-0.25, -0.2) is 9.97 Å². The zero-order valence-electron chi connectivity index (χ0n) is 10.6. The normalized spacial score (nSPS) is 11.9. The van der Waals surface area contributed by atoms with E-state index in [1.165, 1.54) is 0 Å². The number of anilines is 1. The molecule has 1 N–H and O–H groups in total. The molecule has 3 nitrogen and oxygen atoms in total. The lowest BCUT2D eigenvalue weighted by molar-refractivity contribution is 0.442. The fourth-order valence-corrected chi connectivity index (χ4v) is 1.54. The third-order valence-electron chi connectivity index (χ3n) is 2.03. The largest absolute Gasteiger partial charge is 0.369 e. The topological polar surface area (TPSA) is 37.8 Å². The highest BCUT2D eigenvalue weighted by molar-refractivity contribution is 9.10. The van der Waals surface area contributed by atoms with Crippen molar-refractivity contribution in [1.82, 2.24) is 9.97 Å². The first kappa shape index (κ1) is 13.4. The van der Waals surface area contributed by atoms with Gasteiger partial charge >= 0.3 is 0 Å². The van der Waals surface area contributed by atoms with Gasteiger partial charge in [-0.1, -0.05) is 34.6 Å². The Morgan fingerprint density at radius 3 is 2.44 bits per heavy atom. The monoisotopic (exact) mass is 285 g/mol. The molecule has 0 spiro atoms. The number of hydrogen-bond donors (Lipinski definition) is 1. The Balaban J connectivity index is 2.81. The second kappa shape index (κ2) is 5.13. The first-order valence-electron chi connectivity index (χ1n) is 5.56. The maximum absolute atomic E-state index is 4.48. The number of rotatable bonds is 3. The minimum atomic E-state index is 0.245. The first-order chi connectivity index (χ1) is 7.28. The first-order valence-corrected chi connectivity index (χ1v) is 6.35. The van der Waals surface area contributed by atoms with Gasteiger partial charge in [0, 0.05) is 18.5 Å². The molecule has 90 valence electrons. The zero-order valence-corrected chi connectivity index (χ0v) is 12.2. The molecule has 0 aliphatic rings. The van der Waals surface area contributed by atoms with Crippen LogP contribution in [-0.4, -0.2) is 16.5 Å². The van der Waals surface area contributed by atoms with Crippen LogP contribution in [0, 0.1) is 5.41 Å². The molecule has 0 saturated heterocycles. The van der Waals surface area contributed by atoms with Crippen LogP contribution in [0.15, 0.2) is 10.7 Å². The predicted molar refractivity (Wildman–Crippen MR) is 71.8 cm³/mol. The van der Waals surface area contributed by atoms with Crippen molar-refractivity contribution in [3.8, 4) is 0 Å². The molecule has 0 saturated carbocycles. The van der Waals surface area contributed by atoms with Crippen molar-refractivity contribution in [3.63, 3.8) is 0 Å². The van der Waals surface area contributed by atoms with E-state index < -0.39 is 0 Å². The standard InChI is InChI=1S/C12H20BrN3/c1-8(2)11-15-9(13)6-10(16-11)14-7-12(3,4)5/h6,8H,7H2,1-5H3,(H,14,15,16). The van der Waals surface area contributed by atoms with Gasteiger partial charge in [-0.2, -0.15) is 0 Å². The lowest BCUT2D eigenvalue weighted by Gasteiger charge is -2.19. The van der Waals surface area contributed by atoms with Gasteiger partial charge in [-0.15, -0.1) is 0 Å². The van der Waals surface area contributed by atoms with E-state index in [-0.39, 0.29) is 5.41 Å². The number of aromatic nitrogens is 2. The van der Waals surface area contributed by atoms with E-state index in [2.05, 4.69) is 65.8 Å². The summed E-state index contributed by atoms with van der Waals surface area (Å²) in [6.45, 7) is 11.7. The molecule has 4 heteroatoms. The van der Waals surface area contributed by atoms with Gasteiger partial charge in [0.15, 0.2) is 0 Å². The zero-order chi connectivity index (χ0) is 12.3. The number of nitrogens with zero attached hydrogens (tertiary/aromatic N) is 2. The van der Waals surface area contributed by atoms with Gasteiger partial charge in [-0.3, -0.25) is 0 Å². The smallest absolute Gasteiger partial charge is 0.134 e. The Labute approximate surface area is 106 Å². The maximum Gasteiger partial charge on any atom is 0.134 e. The Kier molecular flexibility index (Phi) is 4.30. The van der Waals surface area contributed by atoms with Crippen LogP contribution in [0.25, 0.3) is 0 Å². The van der Waals surface area contributed by atoms with Gasteiger partial charge in [0.25, 0.3) is 0 Å². The molecule has 16 heavy (non-hydrogen) atoms. The van der Waals surface area contributed by atoms with E-state index >= 15 is 0 Å². The second-order valence-corrected chi connectivity index (χ2v) is 6.32. The van der Waals surface area contributed by atoms with Crippen LogP contribution in [-0.2, 0) is 0 Å². The SMILES string of the molecule is CC(C)c1nc(Br)cc(NCC(C)(C)C)n1. The Hall–Kier alpha value is -0.640. The molecule has 1 heterocycles. The summed E-state index contributed by atoms with van der Waals surface area (Å²) in [5, 5.41) is 3.34. The predicted octanol–water partition coefficient (Wildman–Crippen LogP) is 3.82. The molecule has 1 rings (SSSR count). The van der Waals surface area contributed by atoms with E-state index in [4.69, 9.17) is 0 Å². The summed E-state index contributed by atoms with van der Waals surface area (Å²) < 4.78 is 0.836. The maximum atomic E-state index is 4.48. The molecule has 1 aromatic rings. The molecular formula is C12H20BrN3. The molecule has 0 unspecified atom stereocenters. The highest BCUT2D eigenvalue weighted by atomic mass is 79.9. The quantitative estimate of drug-likeness (QED) is 0.858. The van der Waals surface area contributed by atoms with Crippen molar-refractivity contribution in [2.45, 2.75) is 40.5 Å². The lowest BCUT2D eigenvalue weighted by Crippen LogP contribution is -2.20. The summed E-state index contributed by atoms with van der Waals surface area (Å²) in [6.07, 6.45) is 0. The van der Waals surface area contributed by atoms with Crippen molar-refractivity contribution in [1.29, 1.82) is 0 Å². The van der Waals surface area contributed by atoms with Crippen LogP contribution in [0.3, 0.4) is 0 Å². The fraction of sp³-hybridized carbons (Fsp3) is 0.667. The van der Waals surface area contributed by atoms with E-state index in [0.29, 0.717) is 5.92 Å². The van der Waals surface area contributed by atoms with E-state index in [9.17, 15) is 0 Å². The van der Waals surface area contributed by atoms with Gasteiger partial charge < -0.3 is 5.32 Å². The minimum Gasteiger partial charge on any atom is -0.369 e. The molecule has 0 aliphatic heterocycles. The van der Waals surface area contributed by atoms with Crippen LogP contribution in [0.5, 0.6) is 0 Å². The summed E-state index contributed by atoms with van der Waals surface area (Å²) in [7, 11) is 0. The molecule has 0 fully saturated rings. The molecule has 0 aliphatic carbocycles. The second-order valence-electron chi connectivity index (χ2n) is 5.50. The number of nitrogens with one attached hydrogen (secondary N) is 1. The molecule has 0 radical (unpaired) electrons. The van der Waals surface area contributed by atoms with Crippen molar-refractivity contribution in [2.24, 2.45) is 5.41 Å². The molecule has 1 aromatic heterocycles. The average Bonchev–Trinajstić information content (AvgIpc) is 2.13. The third kappa shape index (κ3) is 4.47. The fourth-order valence-electron chi connectivity index (χ4n) is 1.14. The van der Waals surface area contributed by atoms with E-state index in [1.807, 2.05) is 6.07 Å². The molecule has 0 aromatic carbocycles. The average molecular weight is 286 g/mol. The van der Waals surface area contributed by atoms with Gasteiger partial charge in [0.1, 0.15) is 16.2 Å². The molecule has 0 amide bonds. The Morgan fingerprint density at radius 1 is 1.31 bits per heavy atom. The van der Waals surface area contributed by atoms with Crippen LogP contribution < -0.4 is 5.32 Å². The van der Waals surface area contributed by atoms with Crippen LogP contribution >= 0.6 is 15.9 Å². The number of halogens is 1. The Bertz CT molecular complexity index is 356. The van der Waals surface area contributed by atoms with Gasteiger partial charge in [0.05, 0.1) is 0 Å². The van der Waals surface area contributed by atoms with Crippen molar-refractivity contribution >= 4 is 21.7 Å². The highest BCUT2D eigenvalue weighted by Gasteiger charge is 2.11. The van der Waals surface area contributed by atoms with Crippen LogP contribution in [0.1, 0.15) is 46.4 Å². The molecule has 0 bridgehead atoms.